The standard InChI is InChI=1S/C18H19N3O3S/c22-13-7-12-19-25(23,24)17-14-21(16-10-5-2-6-11-16)20-18(17)15-8-3-1-4-9-15/h1-6,8-11,14,19,22H,7,12-13H2. The molecule has 25 heavy (non-hydrogen) atoms. The normalized spacial score (nSPS) is 11.6. The van der Waals surface area contributed by atoms with Crippen molar-refractivity contribution in [2.75, 3.05) is 13.2 Å². The van der Waals surface area contributed by atoms with Crippen LogP contribution in [0.2, 0.25) is 0 Å². The van der Waals surface area contributed by atoms with Crippen LogP contribution in [0.15, 0.2) is 71.8 Å². The molecule has 0 bridgehead atoms. The van der Waals surface area contributed by atoms with Crippen molar-refractivity contribution in [2.45, 2.75) is 11.3 Å². The molecule has 7 heteroatoms. The highest BCUT2D eigenvalue weighted by molar-refractivity contribution is 7.89. The molecule has 0 aliphatic carbocycles. The smallest absolute Gasteiger partial charge is 0.244 e. The molecule has 0 aliphatic heterocycles. The van der Waals surface area contributed by atoms with Crippen LogP contribution in [0.5, 0.6) is 0 Å². The van der Waals surface area contributed by atoms with Gasteiger partial charge in [-0.25, -0.2) is 17.8 Å². The summed E-state index contributed by atoms with van der Waals surface area (Å²) in [5, 5.41) is 13.4. The number of benzene rings is 2. The summed E-state index contributed by atoms with van der Waals surface area (Å²) >= 11 is 0. The summed E-state index contributed by atoms with van der Waals surface area (Å²) < 4.78 is 29.5. The van der Waals surface area contributed by atoms with Gasteiger partial charge in [-0.1, -0.05) is 48.5 Å². The molecule has 1 aromatic heterocycles. The fourth-order valence-corrected chi connectivity index (χ4v) is 3.65. The topological polar surface area (TPSA) is 84.2 Å². The third-order valence-electron chi connectivity index (χ3n) is 3.67. The molecule has 0 fully saturated rings. The molecule has 1 heterocycles. The van der Waals surface area contributed by atoms with Crippen molar-refractivity contribution in [3.8, 4) is 16.9 Å². The molecule has 3 rings (SSSR count). The molecule has 2 aromatic carbocycles. The first-order chi connectivity index (χ1) is 12.1. The van der Waals surface area contributed by atoms with Gasteiger partial charge in [-0.3, -0.25) is 0 Å². The van der Waals surface area contributed by atoms with Crippen molar-refractivity contribution < 1.29 is 13.5 Å². The second-order valence-electron chi connectivity index (χ2n) is 5.46. The number of para-hydroxylation sites is 1. The maximum Gasteiger partial charge on any atom is 0.244 e. The lowest BCUT2D eigenvalue weighted by atomic mass is 10.2. The van der Waals surface area contributed by atoms with Gasteiger partial charge in [-0.2, -0.15) is 5.10 Å². The minimum atomic E-state index is -3.74. The fourth-order valence-electron chi connectivity index (χ4n) is 2.43. The summed E-state index contributed by atoms with van der Waals surface area (Å²) in [5.41, 5.74) is 1.89. The van der Waals surface area contributed by atoms with Crippen LogP contribution in [0.1, 0.15) is 6.42 Å². The van der Waals surface area contributed by atoms with E-state index in [0.29, 0.717) is 12.1 Å². The van der Waals surface area contributed by atoms with Gasteiger partial charge in [0.2, 0.25) is 10.0 Å². The Morgan fingerprint density at radius 1 is 1.00 bits per heavy atom. The lowest BCUT2D eigenvalue weighted by Gasteiger charge is -2.06. The average Bonchev–Trinajstić information content (AvgIpc) is 3.10. The Kier molecular flexibility index (Phi) is 5.28. The first-order valence-corrected chi connectivity index (χ1v) is 9.41. The van der Waals surface area contributed by atoms with Crippen molar-refractivity contribution in [1.82, 2.24) is 14.5 Å². The number of aliphatic hydroxyl groups excluding tert-OH is 1. The van der Waals surface area contributed by atoms with Crippen molar-refractivity contribution in [3.63, 3.8) is 0 Å². The van der Waals surface area contributed by atoms with E-state index < -0.39 is 10.0 Å². The van der Waals surface area contributed by atoms with Crippen LogP contribution in [-0.2, 0) is 10.0 Å². The summed E-state index contributed by atoms with van der Waals surface area (Å²) in [6.45, 7) is 0.0981. The molecule has 2 N–H and O–H groups in total. The molecule has 0 spiro atoms. The zero-order chi connectivity index (χ0) is 17.7. The molecule has 0 saturated carbocycles. The molecule has 0 radical (unpaired) electrons. The van der Waals surface area contributed by atoms with Crippen molar-refractivity contribution in [3.05, 3.63) is 66.9 Å². The summed E-state index contributed by atoms with van der Waals surface area (Å²) in [4.78, 5) is 0.112. The summed E-state index contributed by atoms with van der Waals surface area (Å²) in [6.07, 6.45) is 1.87. The lowest BCUT2D eigenvalue weighted by Crippen LogP contribution is -2.25. The third kappa shape index (κ3) is 3.96. The first kappa shape index (κ1) is 17.3. The van der Waals surface area contributed by atoms with Gasteiger partial charge in [0.15, 0.2) is 0 Å². The Bertz CT molecular complexity index is 923. The Labute approximate surface area is 146 Å². The molecule has 0 aliphatic rings. The molecule has 0 amide bonds. The SMILES string of the molecule is O=S(=O)(NCCCO)c1cn(-c2ccccc2)nc1-c1ccccc1. The zero-order valence-corrected chi connectivity index (χ0v) is 14.4. The first-order valence-electron chi connectivity index (χ1n) is 7.93. The minimum Gasteiger partial charge on any atom is -0.396 e. The second kappa shape index (κ2) is 7.60. The van der Waals surface area contributed by atoms with E-state index in [0.717, 1.165) is 11.3 Å². The van der Waals surface area contributed by atoms with Gasteiger partial charge < -0.3 is 5.11 Å². The molecule has 6 nitrogen and oxygen atoms in total. The predicted octanol–water partition coefficient (Wildman–Crippen LogP) is 2.20. The number of nitrogens with zero attached hydrogens (tertiary/aromatic N) is 2. The van der Waals surface area contributed by atoms with Crippen LogP contribution in [-0.4, -0.2) is 36.5 Å². The minimum absolute atomic E-state index is 0.0721. The average molecular weight is 357 g/mol. The lowest BCUT2D eigenvalue weighted by molar-refractivity contribution is 0.289. The van der Waals surface area contributed by atoms with E-state index in [1.54, 1.807) is 4.68 Å². The summed E-state index contributed by atoms with van der Waals surface area (Å²) in [6, 6.07) is 18.5. The Hall–Kier alpha value is -2.48. The van der Waals surface area contributed by atoms with Crippen LogP contribution < -0.4 is 4.72 Å². The highest BCUT2D eigenvalue weighted by Gasteiger charge is 2.23. The third-order valence-corrected chi connectivity index (χ3v) is 5.13. The highest BCUT2D eigenvalue weighted by atomic mass is 32.2. The fraction of sp³-hybridized carbons (Fsp3) is 0.167. The molecule has 0 atom stereocenters. The second-order valence-corrected chi connectivity index (χ2v) is 7.20. The highest BCUT2D eigenvalue weighted by Crippen LogP contribution is 2.27. The Balaban J connectivity index is 2.08. The van der Waals surface area contributed by atoms with Gasteiger partial charge >= 0.3 is 0 Å². The van der Waals surface area contributed by atoms with Gasteiger partial charge in [-0.05, 0) is 18.6 Å². The number of aliphatic hydroxyl groups is 1. The van der Waals surface area contributed by atoms with Gasteiger partial charge in [0.1, 0.15) is 10.6 Å². The van der Waals surface area contributed by atoms with Crippen molar-refractivity contribution in [1.29, 1.82) is 0 Å². The zero-order valence-electron chi connectivity index (χ0n) is 13.5. The molecular formula is C18H19N3O3S. The van der Waals surface area contributed by atoms with E-state index in [1.807, 2.05) is 60.7 Å². The number of rotatable bonds is 7. The van der Waals surface area contributed by atoms with Crippen LogP contribution in [0, 0.1) is 0 Å². The molecule has 0 unspecified atom stereocenters. The Morgan fingerprint density at radius 3 is 2.28 bits per heavy atom. The van der Waals surface area contributed by atoms with E-state index in [1.165, 1.54) is 6.20 Å². The number of hydrogen-bond donors (Lipinski definition) is 2. The molecule has 0 saturated heterocycles. The maximum atomic E-state index is 12.7. The van der Waals surface area contributed by atoms with Gasteiger partial charge in [0, 0.05) is 18.7 Å². The molecule has 130 valence electrons. The molecular weight excluding hydrogens is 338 g/mol. The largest absolute Gasteiger partial charge is 0.396 e. The van der Waals surface area contributed by atoms with Crippen LogP contribution in [0.3, 0.4) is 0 Å². The van der Waals surface area contributed by atoms with E-state index in [2.05, 4.69) is 9.82 Å². The number of sulfonamides is 1. The summed E-state index contributed by atoms with van der Waals surface area (Å²) in [7, 11) is -3.74. The van der Waals surface area contributed by atoms with Crippen LogP contribution in [0.4, 0.5) is 0 Å². The van der Waals surface area contributed by atoms with Crippen molar-refractivity contribution >= 4 is 10.0 Å². The maximum absolute atomic E-state index is 12.7. The molecule has 3 aromatic rings. The van der Waals surface area contributed by atoms with E-state index >= 15 is 0 Å². The van der Waals surface area contributed by atoms with Crippen LogP contribution in [0.25, 0.3) is 16.9 Å². The Morgan fingerprint density at radius 2 is 1.64 bits per heavy atom. The van der Waals surface area contributed by atoms with Gasteiger partial charge in [0.25, 0.3) is 0 Å². The quantitative estimate of drug-likeness (QED) is 0.635. The van der Waals surface area contributed by atoms with Gasteiger partial charge in [0.05, 0.1) is 11.9 Å². The number of aromatic nitrogens is 2. The van der Waals surface area contributed by atoms with E-state index in [9.17, 15) is 8.42 Å². The summed E-state index contributed by atoms with van der Waals surface area (Å²) in [5.74, 6) is 0. The van der Waals surface area contributed by atoms with E-state index in [-0.39, 0.29) is 18.0 Å². The van der Waals surface area contributed by atoms with E-state index in [4.69, 9.17) is 5.11 Å². The van der Waals surface area contributed by atoms with Gasteiger partial charge in [-0.15, -0.1) is 0 Å². The monoisotopic (exact) mass is 357 g/mol. The number of hydrogen-bond acceptors (Lipinski definition) is 4. The van der Waals surface area contributed by atoms with Crippen molar-refractivity contribution in [2.24, 2.45) is 0 Å². The number of nitrogens with one attached hydrogen (secondary N) is 1. The predicted molar refractivity (Wildman–Crippen MR) is 95.9 cm³/mol. The van der Waals surface area contributed by atoms with Crippen LogP contribution >= 0.6 is 0 Å².